The zero-order valence-electron chi connectivity index (χ0n) is 13.4. The van der Waals surface area contributed by atoms with E-state index in [9.17, 15) is 9.90 Å². The summed E-state index contributed by atoms with van der Waals surface area (Å²) < 4.78 is 6.89. The molecular weight excluding hydrogens is 464 g/mol. The lowest BCUT2D eigenvalue weighted by Gasteiger charge is -2.08. The Kier molecular flexibility index (Phi) is 5.90. The quantitative estimate of drug-likeness (QED) is 0.416. The third kappa shape index (κ3) is 4.42. The van der Waals surface area contributed by atoms with Crippen molar-refractivity contribution in [2.75, 3.05) is 6.61 Å². The molecule has 0 radical (unpaired) electrons. The molecule has 0 aliphatic carbocycles. The minimum atomic E-state index is -0.383. The van der Waals surface area contributed by atoms with Crippen LogP contribution in [-0.4, -0.2) is 23.8 Å². The normalized spacial score (nSPS) is 11.0. The maximum atomic E-state index is 11.9. The number of phenolic OH excluding ortho intramolecular Hbond substituents is 1. The number of hydrogen-bond acceptors (Lipinski definition) is 4. The predicted octanol–water partition coefficient (Wildman–Crippen LogP) is 4.60. The second-order valence-corrected chi connectivity index (χ2v) is 7.09. The fourth-order valence-electron chi connectivity index (χ4n) is 2.32. The summed E-state index contributed by atoms with van der Waals surface area (Å²) in [4.78, 5) is 11.9. The Labute approximate surface area is 166 Å². The van der Waals surface area contributed by atoms with Gasteiger partial charge in [0.1, 0.15) is 11.5 Å². The fraction of sp³-hybridized carbons (Fsp3) is 0.0526. The van der Waals surface area contributed by atoms with Gasteiger partial charge >= 0.3 is 0 Å². The van der Waals surface area contributed by atoms with Gasteiger partial charge in [0.05, 0.1) is 10.7 Å². The third-order valence-electron chi connectivity index (χ3n) is 3.57. The summed E-state index contributed by atoms with van der Waals surface area (Å²) in [5, 5.41) is 15.6. The molecule has 3 rings (SSSR count). The zero-order valence-corrected chi connectivity index (χ0v) is 16.6. The molecule has 0 heterocycles. The van der Waals surface area contributed by atoms with Gasteiger partial charge in [-0.3, -0.25) is 4.79 Å². The number of amides is 1. The molecule has 0 aliphatic rings. The van der Waals surface area contributed by atoms with Crippen molar-refractivity contribution in [1.29, 1.82) is 0 Å². The largest absolute Gasteiger partial charge is 0.507 e. The zero-order chi connectivity index (χ0) is 18.5. The number of nitrogens with one attached hydrogen (secondary N) is 1. The molecule has 0 unspecified atom stereocenters. The number of aromatic hydroxyl groups is 1. The highest BCUT2D eigenvalue weighted by atomic mass is 79.9. The first-order chi connectivity index (χ1) is 12.5. The molecule has 0 aliphatic heterocycles. The van der Waals surface area contributed by atoms with Crippen molar-refractivity contribution in [1.82, 2.24) is 5.43 Å². The first-order valence-corrected chi connectivity index (χ1v) is 9.23. The first kappa shape index (κ1) is 18.4. The number of hydrazone groups is 1. The van der Waals surface area contributed by atoms with E-state index >= 15 is 0 Å². The molecule has 0 spiro atoms. The second kappa shape index (κ2) is 8.33. The van der Waals surface area contributed by atoms with Gasteiger partial charge in [0.15, 0.2) is 6.61 Å². The maximum Gasteiger partial charge on any atom is 0.277 e. The van der Waals surface area contributed by atoms with Crippen LogP contribution in [0, 0.1) is 0 Å². The van der Waals surface area contributed by atoms with E-state index < -0.39 is 0 Å². The topological polar surface area (TPSA) is 70.9 Å². The van der Waals surface area contributed by atoms with Crippen LogP contribution in [0.15, 0.2) is 68.6 Å². The Balaban J connectivity index is 1.60. The summed E-state index contributed by atoms with van der Waals surface area (Å²) in [6.45, 7) is -0.155. The second-order valence-electron chi connectivity index (χ2n) is 5.38. The number of fused-ring (bicyclic) bond motifs is 1. The lowest BCUT2D eigenvalue weighted by Crippen LogP contribution is -2.24. The number of hydrogen-bond donors (Lipinski definition) is 2. The number of rotatable bonds is 5. The number of ether oxygens (including phenoxy) is 1. The summed E-state index contributed by atoms with van der Waals surface area (Å²) in [6.07, 6.45) is 1.44. The smallest absolute Gasteiger partial charge is 0.277 e. The Bertz CT molecular complexity index is 984. The van der Waals surface area contributed by atoms with Gasteiger partial charge in [0.25, 0.3) is 5.91 Å². The molecule has 3 aromatic rings. The van der Waals surface area contributed by atoms with E-state index in [4.69, 9.17) is 4.74 Å². The van der Waals surface area contributed by atoms with Crippen LogP contribution in [0.3, 0.4) is 0 Å². The molecular formula is C19H14Br2N2O3. The number of phenols is 1. The van der Waals surface area contributed by atoms with Gasteiger partial charge in [0.2, 0.25) is 0 Å². The van der Waals surface area contributed by atoms with Crippen molar-refractivity contribution < 1.29 is 14.6 Å². The molecule has 132 valence electrons. The molecule has 2 N–H and O–H groups in total. The molecule has 0 bridgehead atoms. The summed E-state index contributed by atoms with van der Waals surface area (Å²) >= 11 is 6.58. The number of halogens is 2. The van der Waals surface area contributed by atoms with Crippen molar-refractivity contribution in [3.63, 3.8) is 0 Å². The predicted molar refractivity (Wildman–Crippen MR) is 109 cm³/mol. The highest BCUT2D eigenvalue weighted by Crippen LogP contribution is 2.29. The Hall–Kier alpha value is -2.38. The Morgan fingerprint density at radius 2 is 1.88 bits per heavy atom. The number of nitrogens with zero attached hydrogens (tertiary/aromatic N) is 1. The van der Waals surface area contributed by atoms with E-state index in [0.717, 1.165) is 15.2 Å². The highest BCUT2D eigenvalue weighted by Gasteiger charge is 2.06. The van der Waals surface area contributed by atoms with Crippen molar-refractivity contribution in [2.45, 2.75) is 0 Å². The molecule has 0 atom stereocenters. The lowest BCUT2D eigenvalue weighted by atomic mass is 10.1. The molecule has 3 aromatic carbocycles. The molecule has 0 fully saturated rings. The van der Waals surface area contributed by atoms with E-state index in [-0.39, 0.29) is 18.3 Å². The first-order valence-electron chi connectivity index (χ1n) is 7.65. The van der Waals surface area contributed by atoms with Crippen molar-refractivity contribution in [3.05, 3.63) is 69.1 Å². The molecule has 0 aromatic heterocycles. The van der Waals surface area contributed by atoms with E-state index in [2.05, 4.69) is 42.4 Å². The average molecular weight is 478 g/mol. The van der Waals surface area contributed by atoms with Crippen LogP contribution in [-0.2, 0) is 4.79 Å². The van der Waals surface area contributed by atoms with E-state index in [1.807, 2.05) is 42.5 Å². The monoisotopic (exact) mass is 476 g/mol. The number of carbonyl (C=O) groups is 1. The third-order valence-corrected chi connectivity index (χ3v) is 4.89. The summed E-state index contributed by atoms with van der Waals surface area (Å²) in [6, 6.07) is 16.7. The SMILES string of the molecule is O=C(COc1cccc2ccccc12)N/N=C/c1cc(O)c(Br)cc1Br. The van der Waals surface area contributed by atoms with Gasteiger partial charge in [-0.05, 0) is 39.5 Å². The van der Waals surface area contributed by atoms with Crippen molar-refractivity contribution >= 4 is 54.8 Å². The van der Waals surface area contributed by atoms with Crippen LogP contribution in [0.25, 0.3) is 10.8 Å². The number of carbonyl (C=O) groups excluding carboxylic acids is 1. The van der Waals surface area contributed by atoms with Crippen molar-refractivity contribution in [3.8, 4) is 11.5 Å². The van der Waals surface area contributed by atoms with E-state index in [0.29, 0.717) is 15.8 Å². The minimum absolute atomic E-state index is 0.0836. The fourth-order valence-corrected chi connectivity index (χ4v) is 3.42. The summed E-state index contributed by atoms with van der Waals surface area (Å²) in [5.41, 5.74) is 3.03. The van der Waals surface area contributed by atoms with Crippen LogP contribution in [0.1, 0.15) is 5.56 Å². The van der Waals surface area contributed by atoms with Gasteiger partial charge in [0, 0.05) is 15.4 Å². The van der Waals surface area contributed by atoms with Crippen LogP contribution in [0.4, 0.5) is 0 Å². The summed E-state index contributed by atoms with van der Waals surface area (Å²) in [7, 11) is 0. The molecule has 26 heavy (non-hydrogen) atoms. The van der Waals surface area contributed by atoms with E-state index in [1.165, 1.54) is 12.3 Å². The molecule has 7 heteroatoms. The summed E-state index contributed by atoms with van der Waals surface area (Å²) in [5.74, 6) is 0.342. The minimum Gasteiger partial charge on any atom is -0.507 e. The van der Waals surface area contributed by atoms with Crippen LogP contribution >= 0.6 is 31.9 Å². The molecule has 5 nitrogen and oxygen atoms in total. The van der Waals surface area contributed by atoms with Gasteiger partial charge in [-0.1, -0.05) is 52.3 Å². The number of benzene rings is 3. The highest BCUT2D eigenvalue weighted by molar-refractivity contribution is 9.11. The van der Waals surface area contributed by atoms with Crippen LogP contribution in [0.5, 0.6) is 11.5 Å². The van der Waals surface area contributed by atoms with Crippen LogP contribution in [0.2, 0.25) is 0 Å². The maximum absolute atomic E-state index is 11.9. The van der Waals surface area contributed by atoms with Gasteiger partial charge in [-0.2, -0.15) is 5.10 Å². The van der Waals surface area contributed by atoms with Gasteiger partial charge < -0.3 is 9.84 Å². The lowest BCUT2D eigenvalue weighted by molar-refractivity contribution is -0.123. The standard InChI is InChI=1S/C19H14Br2N2O3/c20-15-9-16(21)17(24)8-13(15)10-22-23-19(25)11-26-18-7-3-5-12-4-1-2-6-14(12)18/h1-10,24H,11H2,(H,23,25)/b22-10+. The average Bonchev–Trinajstić information content (AvgIpc) is 2.64. The van der Waals surface area contributed by atoms with Crippen LogP contribution < -0.4 is 10.2 Å². The van der Waals surface area contributed by atoms with Gasteiger partial charge in [-0.15, -0.1) is 0 Å². The molecule has 1 amide bonds. The molecule has 0 saturated heterocycles. The Morgan fingerprint density at radius 3 is 2.73 bits per heavy atom. The molecule has 0 saturated carbocycles. The van der Waals surface area contributed by atoms with Gasteiger partial charge in [-0.25, -0.2) is 5.43 Å². The van der Waals surface area contributed by atoms with Crippen molar-refractivity contribution in [2.24, 2.45) is 5.10 Å². The van der Waals surface area contributed by atoms with E-state index in [1.54, 1.807) is 6.07 Å². The Morgan fingerprint density at radius 1 is 1.12 bits per heavy atom.